The lowest BCUT2D eigenvalue weighted by molar-refractivity contribution is 0.102. The number of amides is 1. The molecule has 0 saturated carbocycles. The van der Waals surface area contributed by atoms with Crippen LogP contribution in [0.15, 0.2) is 63.9 Å². The summed E-state index contributed by atoms with van der Waals surface area (Å²) in [7, 11) is 0. The Morgan fingerprint density at radius 3 is 2.59 bits per heavy atom. The second-order valence-electron chi connectivity index (χ2n) is 7.28. The summed E-state index contributed by atoms with van der Waals surface area (Å²) < 4.78 is 17.8. The van der Waals surface area contributed by atoms with Crippen LogP contribution in [-0.4, -0.2) is 22.1 Å². The highest BCUT2D eigenvalue weighted by Crippen LogP contribution is 2.27. The molecule has 0 fully saturated rings. The molecule has 0 aliphatic carbocycles. The minimum atomic E-state index is -0.324. The van der Waals surface area contributed by atoms with E-state index in [4.69, 9.17) is 14.0 Å². The predicted octanol–water partition coefficient (Wildman–Crippen LogP) is 4.13. The maximum absolute atomic E-state index is 12.7. The van der Waals surface area contributed by atoms with Crippen LogP contribution >= 0.6 is 0 Å². The molecule has 4 aromatic rings. The standard InChI is InChI=1S/C24H23N3O5/c1-4-30-19-8-6-17(7-9-19)24(29)26-20-10-5-15(2)11-21(20)31-14-18-13-23(28)27-22(25-18)12-16(3)32-27/h5-13H,4,14H2,1-3H3,(H,26,29). The van der Waals surface area contributed by atoms with Crippen molar-refractivity contribution in [3.63, 3.8) is 0 Å². The Kier molecular flexibility index (Phi) is 5.93. The number of hydrogen-bond donors (Lipinski definition) is 1. The van der Waals surface area contributed by atoms with E-state index >= 15 is 0 Å². The van der Waals surface area contributed by atoms with E-state index in [1.165, 1.54) is 6.07 Å². The number of hydrogen-bond acceptors (Lipinski definition) is 6. The van der Waals surface area contributed by atoms with Crippen molar-refractivity contribution in [3.8, 4) is 11.5 Å². The van der Waals surface area contributed by atoms with Gasteiger partial charge in [-0.3, -0.25) is 9.59 Å². The summed E-state index contributed by atoms with van der Waals surface area (Å²) in [5, 5.41) is 2.88. The van der Waals surface area contributed by atoms with Crippen molar-refractivity contribution in [2.75, 3.05) is 11.9 Å². The third-order valence-electron chi connectivity index (χ3n) is 4.71. The van der Waals surface area contributed by atoms with Crippen molar-refractivity contribution in [1.82, 2.24) is 9.56 Å². The van der Waals surface area contributed by atoms with Crippen LogP contribution in [0, 0.1) is 13.8 Å². The fraction of sp³-hybridized carbons (Fsp3) is 0.208. The summed E-state index contributed by atoms with van der Waals surface area (Å²) in [5.41, 5.74) is 2.54. The van der Waals surface area contributed by atoms with E-state index in [0.717, 1.165) is 10.1 Å². The van der Waals surface area contributed by atoms with E-state index in [-0.39, 0.29) is 18.1 Å². The van der Waals surface area contributed by atoms with E-state index < -0.39 is 0 Å². The normalized spacial score (nSPS) is 10.8. The molecule has 0 aliphatic heterocycles. The lowest BCUT2D eigenvalue weighted by atomic mass is 10.1. The van der Waals surface area contributed by atoms with Crippen LogP contribution in [0.1, 0.15) is 34.3 Å². The molecule has 8 nitrogen and oxygen atoms in total. The van der Waals surface area contributed by atoms with Gasteiger partial charge in [0.15, 0.2) is 5.65 Å². The van der Waals surface area contributed by atoms with E-state index in [1.807, 2.05) is 26.0 Å². The number of ether oxygens (including phenoxy) is 2. The third-order valence-corrected chi connectivity index (χ3v) is 4.71. The van der Waals surface area contributed by atoms with Gasteiger partial charge in [0.1, 0.15) is 23.9 Å². The van der Waals surface area contributed by atoms with Crippen molar-refractivity contribution in [2.45, 2.75) is 27.4 Å². The molecule has 0 unspecified atom stereocenters. The third kappa shape index (κ3) is 4.64. The Hall–Kier alpha value is -4.07. The van der Waals surface area contributed by atoms with E-state index in [0.29, 0.717) is 46.5 Å². The molecule has 4 rings (SSSR count). The van der Waals surface area contributed by atoms with Crippen molar-refractivity contribution in [1.29, 1.82) is 0 Å². The van der Waals surface area contributed by atoms with Gasteiger partial charge in [0.05, 0.1) is 18.0 Å². The van der Waals surface area contributed by atoms with Crippen LogP contribution < -0.4 is 20.3 Å². The number of aromatic nitrogens is 2. The Bertz CT molecular complexity index is 1320. The molecule has 8 heteroatoms. The zero-order valence-electron chi connectivity index (χ0n) is 18.0. The molecule has 0 radical (unpaired) electrons. The molecular weight excluding hydrogens is 410 g/mol. The SMILES string of the molecule is CCOc1ccc(C(=O)Nc2ccc(C)cc2OCc2cc(=O)n3oc(C)cc3n2)cc1. The minimum Gasteiger partial charge on any atom is -0.494 e. The number of fused-ring (bicyclic) bond motifs is 1. The highest BCUT2D eigenvalue weighted by molar-refractivity contribution is 6.05. The predicted molar refractivity (Wildman–Crippen MR) is 120 cm³/mol. The number of aryl methyl sites for hydroxylation is 2. The lowest BCUT2D eigenvalue weighted by Crippen LogP contribution is -2.15. The first-order valence-electron chi connectivity index (χ1n) is 10.2. The monoisotopic (exact) mass is 433 g/mol. The van der Waals surface area contributed by atoms with Gasteiger partial charge >= 0.3 is 0 Å². The van der Waals surface area contributed by atoms with Gasteiger partial charge < -0.3 is 19.3 Å². The second kappa shape index (κ2) is 8.97. The van der Waals surface area contributed by atoms with Crippen molar-refractivity contribution in [2.24, 2.45) is 0 Å². The minimum absolute atomic E-state index is 0.0609. The maximum Gasteiger partial charge on any atom is 0.287 e. The quantitative estimate of drug-likeness (QED) is 0.471. The first-order chi connectivity index (χ1) is 15.4. The van der Waals surface area contributed by atoms with Crippen LogP contribution in [0.3, 0.4) is 0 Å². The number of nitrogens with zero attached hydrogens (tertiary/aromatic N) is 2. The van der Waals surface area contributed by atoms with Crippen LogP contribution in [0.2, 0.25) is 0 Å². The second-order valence-corrected chi connectivity index (χ2v) is 7.28. The first-order valence-corrected chi connectivity index (χ1v) is 10.2. The Morgan fingerprint density at radius 2 is 1.84 bits per heavy atom. The molecule has 1 N–H and O–H groups in total. The number of carbonyl (C=O) groups excluding carboxylic acids is 1. The molecule has 0 bridgehead atoms. The van der Waals surface area contributed by atoms with Gasteiger partial charge in [-0.15, -0.1) is 4.57 Å². The summed E-state index contributed by atoms with van der Waals surface area (Å²) in [5.74, 6) is 1.50. The van der Waals surface area contributed by atoms with Crippen molar-refractivity contribution in [3.05, 3.63) is 87.5 Å². The molecule has 2 heterocycles. The number of nitrogens with one attached hydrogen (secondary N) is 1. The summed E-state index contributed by atoms with van der Waals surface area (Å²) in [6, 6.07) is 15.4. The van der Waals surface area contributed by atoms with E-state index in [2.05, 4.69) is 10.3 Å². The van der Waals surface area contributed by atoms with Crippen LogP contribution in [0.5, 0.6) is 11.5 Å². The van der Waals surface area contributed by atoms with E-state index in [1.54, 1.807) is 43.3 Å². The van der Waals surface area contributed by atoms with Crippen LogP contribution in [0.4, 0.5) is 5.69 Å². The highest BCUT2D eigenvalue weighted by Gasteiger charge is 2.13. The fourth-order valence-electron chi connectivity index (χ4n) is 3.22. The maximum atomic E-state index is 12.7. The van der Waals surface area contributed by atoms with Gasteiger partial charge in [0.25, 0.3) is 11.5 Å². The molecule has 32 heavy (non-hydrogen) atoms. The highest BCUT2D eigenvalue weighted by atomic mass is 16.5. The van der Waals surface area contributed by atoms with Crippen molar-refractivity contribution >= 4 is 17.2 Å². The smallest absolute Gasteiger partial charge is 0.287 e. The fourth-order valence-corrected chi connectivity index (χ4v) is 3.22. The van der Waals surface area contributed by atoms with Gasteiger partial charge in [-0.2, -0.15) is 0 Å². The average Bonchev–Trinajstić information content (AvgIpc) is 3.15. The summed E-state index contributed by atoms with van der Waals surface area (Å²) in [6.07, 6.45) is 0. The topological polar surface area (TPSA) is 95.1 Å². The van der Waals surface area contributed by atoms with Gasteiger partial charge in [-0.25, -0.2) is 4.98 Å². The summed E-state index contributed by atoms with van der Waals surface area (Å²) in [6.45, 7) is 6.20. The summed E-state index contributed by atoms with van der Waals surface area (Å²) >= 11 is 0. The van der Waals surface area contributed by atoms with Gasteiger partial charge in [0.2, 0.25) is 0 Å². The van der Waals surface area contributed by atoms with Gasteiger partial charge in [-0.1, -0.05) is 6.07 Å². The first kappa shape index (κ1) is 21.2. The Labute approximate surface area is 184 Å². The van der Waals surface area contributed by atoms with Gasteiger partial charge in [-0.05, 0) is 62.7 Å². The van der Waals surface area contributed by atoms with Gasteiger partial charge in [0, 0.05) is 17.7 Å². The molecule has 2 aromatic heterocycles. The molecule has 2 aromatic carbocycles. The Balaban J connectivity index is 1.52. The Morgan fingerprint density at radius 1 is 1.06 bits per heavy atom. The van der Waals surface area contributed by atoms with Crippen molar-refractivity contribution < 1.29 is 18.8 Å². The number of benzene rings is 2. The summed E-state index contributed by atoms with van der Waals surface area (Å²) in [4.78, 5) is 29.3. The molecular formula is C24H23N3O5. The molecule has 0 spiro atoms. The zero-order chi connectivity index (χ0) is 22.7. The number of rotatable bonds is 7. The van der Waals surface area contributed by atoms with Crippen LogP contribution in [-0.2, 0) is 6.61 Å². The molecule has 1 amide bonds. The number of anilines is 1. The van der Waals surface area contributed by atoms with Crippen LogP contribution in [0.25, 0.3) is 5.65 Å². The zero-order valence-corrected chi connectivity index (χ0v) is 18.0. The van der Waals surface area contributed by atoms with E-state index in [9.17, 15) is 9.59 Å². The average molecular weight is 433 g/mol. The molecule has 164 valence electrons. The number of carbonyl (C=O) groups is 1. The molecule has 0 aliphatic rings. The molecule has 0 atom stereocenters. The largest absolute Gasteiger partial charge is 0.494 e. The molecule has 0 saturated heterocycles. The lowest BCUT2D eigenvalue weighted by Gasteiger charge is -2.13.